The molecule has 1 heterocycles. The standard InChI is InChI=1S/C24H26N2O4.C7H8.C5H7NO/c1-15-13-26(23(28)17-8-10-18(11-9-17)24(29)30-2)14-20(15)22(27)25-21-12-19(21)16-6-4-3-5-7-16;1-7-5-3-2-4-6-7;7-4-6-3-5-1-2-5/h3-11,15,19-21H,12-14H2,1-2H3,(H,25,27);2-6H,1H3;3-5H,1-2H2/t15?,19-,20-,21?;;/m0../s1. The lowest BCUT2D eigenvalue weighted by Gasteiger charge is -2.17. The summed E-state index contributed by atoms with van der Waals surface area (Å²) >= 11 is 0. The van der Waals surface area contributed by atoms with Gasteiger partial charge in [-0.3, -0.25) is 14.4 Å². The predicted octanol–water partition coefficient (Wildman–Crippen LogP) is 5.47. The third kappa shape index (κ3) is 9.46. The van der Waals surface area contributed by atoms with Crippen LogP contribution in [0.2, 0.25) is 0 Å². The van der Waals surface area contributed by atoms with E-state index in [1.165, 1.54) is 31.1 Å². The Hall–Kier alpha value is -4.59. The van der Waals surface area contributed by atoms with E-state index in [0.717, 1.165) is 6.42 Å². The predicted molar refractivity (Wildman–Crippen MR) is 171 cm³/mol. The Morgan fingerprint density at radius 3 is 2.05 bits per heavy atom. The van der Waals surface area contributed by atoms with E-state index < -0.39 is 5.97 Å². The first-order valence-electron chi connectivity index (χ1n) is 15.1. The van der Waals surface area contributed by atoms with Crippen LogP contribution < -0.4 is 5.32 Å². The first-order chi connectivity index (χ1) is 21.3. The smallest absolute Gasteiger partial charge is 0.337 e. The first kappa shape index (κ1) is 32.3. The second kappa shape index (κ2) is 15.8. The molecule has 2 unspecified atom stereocenters. The maximum Gasteiger partial charge on any atom is 0.337 e. The van der Waals surface area contributed by atoms with Crippen LogP contribution in [0.3, 0.4) is 0 Å². The minimum Gasteiger partial charge on any atom is -0.465 e. The van der Waals surface area contributed by atoms with Gasteiger partial charge in [-0.1, -0.05) is 73.2 Å². The molecule has 6 rings (SSSR count). The summed E-state index contributed by atoms with van der Waals surface area (Å²) in [4.78, 5) is 52.0. The van der Waals surface area contributed by atoms with Crippen molar-refractivity contribution in [3.05, 3.63) is 107 Å². The number of ether oxygens (including phenoxy) is 1. The number of methoxy groups -OCH3 is 1. The van der Waals surface area contributed by atoms with Crippen molar-refractivity contribution in [2.24, 2.45) is 22.7 Å². The van der Waals surface area contributed by atoms with E-state index in [0.29, 0.717) is 42.5 Å². The Labute approximate surface area is 259 Å². The molecule has 3 aromatic carbocycles. The van der Waals surface area contributed by atoms with Crippen LogP contribution in [0.15, 0.2) is 89.9 Å². The Balaban J connectivity index is 0.000000257. The molecule has 3 amide bonds. The molecule has 0 aromatic heterocycles. The molecule has 1 aliphatic heterocycles. The highest BCUT2D eigenvalue weighted by Gasteiger charge is 2.43. The molecule has 8 nitrogen and oxygen atoms in total. The molecule has 2 aliphatic carbocycles. The molecule has 0 radical (unpaired) electrons. The highest BCUT2D eigenvalue weighted by molar-refractivity contribution is 5.97. The van der Waals surface area contributed by atoms with Gasteiger partial charge in [0.1, 0.15) is 0 Å². The van der Waals surface area contributed by atoms with E-state index in [4.69, 9.17) is 0 Å². The van der Waals surface area contributed by atoms with E-state index in [9.17, 15) is 19.2 Å². The van der Waals surface area contributed by atoms with Crippen molar-refractivity contribution in [1.82, 2.24) is 10.2 Å². The van der Waals surface area contributed by atoms with Crippen LogP contribution in [0.4, 0.5) is 0 Å². The molecular formula is C36H41N3O5. The van der Waals surface area contributed by atoms with Crippen molar-refractivity contribution in [2.45, 2.75) is 45.1 Å². The van der Waals surface area contributed by atoms with E-state index in [-0.39, 0.29) is 29.7 Å². The number of hydrogen-bond donors (Lipinski definition) is 1. The number of hydrogen-bond acceptors (Lipinski definition) is 5. The number of nitrogens with zero attached hydrogens (tertiary/aromatic N) is 2. The van der Waals surface area contributed by atoms with Gasteiger partial charge in [-0.15, -0.1) is 0 Å². The van der Waals surface area contributed by atoms with Crippen molar-refractivity contribution in [1.29, 1.82) is 0 Å². The molecule has 3 aromatic rings. The maximum atomic E-state index is 12.9. The number of amides is 3. The molecule has 0 spiro atoms. The Bertz CT molecular complexity index is 1420. The second-order valence-corrected chi connectivity index (χ2v) is 11.6. The molecule has 3 fully saturated rings. The summed E-state index contributed by atoms with van der Waals surface area (Å²) in [7, 11) is 1.32. The molecule has 1 saturated heterocycles. The van der Waals surface area contributed by atoms with Gasteiger partial charge >= 0.3 is 5.97 Å². The first-order valence-corrected chi connectivity index (χ1v) is 15.1. The zero-order valence-corrected chi connectivity index (χ0v) is 25.6. The van der Waals surface area contributed by atoms with Crippen LogP contribution in [0.5, 0.6) is 0 Å². The van der Waals surface area contributed by atoms with Crippen molar-refractivity contribution in [3.63, 3.8) is 0 Å². The molecule has 0 bridgehead atoms. The molecule has 8 heteroatoms. The van der Waals surface area contributed by atoms with Crippen molar-refractivity contribution >= 4 is 30.4 Å². The van der Waals surface area contributed by atoms with Gasteiger partial charge in [0.05, 0.1) is 18.6 Å². The highest BCUT2D eigenvalue weighted by atomic mass is 16.5. The fourth-order valence-corrected chi connectivity index (χ4v) is 5.17. The minimum absolute atomic E-state index is 0.0299. The largest absolute Gasteiger partial charge is 0.465 e. The number of carbonyl (C=O) groups is 4. The summed E-state index contributed by atoms with van der Waals surface area (Å²) in [5.74, 6) is 0.375. The van der Waals surface area contributed by atoms with Gasteiger partial charge < -0.3 is 15.0 Å². The van der Waals surface area contributed by atoms with Crippen LogP contribution >= 0.6 is 0 Å². The third-order valence-corrected chi connectivity index (χ3v) is 8.06. The minimum atomic E-state index is -0.436. The number of aryl methyl sites for hydroxylation is 1. The maximum absolute atomic E-state index is 12.9. The van der Waals surface area contributed by atoms with Gasteiger partial charge in [0.15, 0.2) is 0 Å². The zero-order valence-electron chi connectivity index (χ0n) is 25.6. The van der Waals surface area contributed by atoms with Crippen molar-refractivity contribution in [3.8, 4) is 0 Å². The van der Waals surface area contributed by atoms with E-state index in [1.807, 2.05) is 43.3 Å². The Morgan fingerprint density at radius 2 is 1.50 bits per heavy atom. The molecule has 1 N–H and O–H groups in total. The van der Waals surface area contributed by atoms with Crippen molar-refractivity contribution in [2.75, 3.05) is 20.2 Å². The van der Waals surface area contributed by atoms with Gasteiger partial charge in [-0.25, -0.2) is 9.79 Å². The zero-order chi connectivity index (χ0) is 31.5. The summed E-state index contributed by atoms with van der Waals surface area (Å²) in [5, 5.41) is 3.17. The second-order valence-electron chi connectivity index (χ2n) is 11.6. The summed E-state index contributed by atoms with van der Waals surface area (Å²) in [5.41, 5.74) is 3.48. The summed E-state index contributed by atoms with van der Waals surface area (Å²) < 4.78 is 4.68. The fraction of sp³-hybridized carbons (Fsp3) is 0.361. The van der Waals surface area contributed by atoms with Crippen LogP contribution in [0.1, 0.15) is 63.9 Å². The van der Waals surface area contributed by atoms with Crippen molar-refractivity contribution < 1.29 is 23.9 Å². The van der Waals surface area contributed by atoms with E-state index in [1.54, 1.807) is 35.4 Å². The monoisotopic (exact) mass is 595 g/mol. The molecule has 230 valence electrons. The number of aliphatic imine (C=N–C) groups is 1. The Morgan fingerprint density at radius 1 is 0.886 bits per heavy atom. The molecule has 3 aliphatic rings. The lowest BCUT2D eigenvalue weighted by atomic mass is 9.97. The van der Waals surface area contributed by atoms with Crippen LogP contribution in [0, 0.1) is 24.7 Å². The van der Waals surface area contributed by atoms with E-state index >= 15 is 0 Å². The van der Waals surface area contributed by atoms with Gasteiger partial charge in [0, 0.05) is 36.8 Å². The van der Waals surface area contributed by atoms with Crippen LogP contribution in [-0.2, 0) is 14.3 Å². The SMILES string of the molecule is COC(=O)c1ccc(C(=O)N2CC(C)[C@@H](C(=O)NC3C[C@H]3c3ccccc3)C2)cc1.Cc1ccccc1.O=CN=CC1CC1. The summed E-state index contributed by atoms with van der Waals surface area (Å²) in [6, 6.07) is 27.1. The molecular weight excluding hydrogens is 554 g/mol. The fourth-order valence-electron chi connectivity index (χ4n) is 5.17. The molecule has 4 atom stereocenters. The van der Waals surface area contributed by atoms with Gasteiger partial charge in [-0.05, 0) is 67.9 Å². The van der Waals surface area contributed by atoms with Gasteiger partial charge in [-0.2, -0.15) is 0 Å². The van der Waals surface area contributed by atoms with Crippen LogP contribution in [0.25, 0.3) is 0 Å². The molecule has 2 saturated carbocycles. The summed E-state index contributed by atoms with van der Waals surface area (Å²) in [6.07, 6.45) is 5.70. The Kier molecular flexibility index (Phi) is 11.6. The highest BCUT2D eigenvalue weighted by Crippen LogP contribution is 2.41. The third-order valence-electron chi connectivity index (χ3n) is 8.06. The number of likely N-dealkylation sites (tertiary alicyclic amines) is 1. The summed E-state index contributed by atoms with van der Waals surface area (Å²) in [6.45, 7) is 5.05. The quantitative estimate of drug-likeness (QED) is 0.222. The average molecular weight is 596 g/mol. The normalized spacial score (nSPS) is 21.7. The molecule has 44 heavy (non-hydrogen) atoms. The number of carbonyl (C=O) groups excluding carboxylic acids is 4. The topological polar surface area (TPSA) is 105 Å². The van der Waals surface area contributed by atoms with Gasteiger partial charge in [0.25, 0.3) is 5.91 Å². The lowest BCUT2D eigenvalue weighted by Crippen LogP contribution is -2.37. The average Bonchev–Trinajstić information content (AvgIpc) is 3.99. The number of esters is 1. The van der Waals surface area contributed by atoms with Gasteiger partial charge in [0.2, 0.25) is 12.3 Å². The van der Waals surface area contributed by atoms with Crippen LogP contribution in [-0.4, -0.2) is 61.5 Å². The van der Waals surface area contributed by atoms with E-state index in [2.05, 4.69) is 46.2 Å². The number of benzene rings is 3. The number of nitrogens with one attached hydrogen (secondary N) is 1. The lowest BCUT2D eigenvalue weighted by molar-refractivity contribution is -0.125. The number of rotatable bonds is 7.